The highest BCUT2D eigenvalue weighted by Gasteiger charge is 2.11. The second kappa shape index (κ2) is 6.73. The van der Waals surface area contributed by atoms with Gasteiger partial charge in [0.25, 0.3) is 0 Å². The van der Waals surface area contributed by atoms with E-state index in [2.05, 4.69) is 41.5 Å². The Morgan fingerprint density at radius 1 is 0.562 bits per heavy atom. The molecular formula is C16H28. The minimum absolute atomic E-state index is 1.16. The molecule has 0 fully saturated rings. The third kappa shape index (κ3) is 2.66. The summed E-state index contributed by atoms with van der Waals surface area (Å²) < 4.78 is 0. The van der Waals surface area contributed by atoms with E-state index >= 15 is 0 Å². The van der Waals surface area contributed by atoms with Gasteiger partial charge >= 0.3 is 0 Å². The second-order valence-corrected chi connectivity index (χ2v) is 4.16. The highest BCUT2D eigenvalue weighted by atomic mass is 14.2. The van der Waals surface area contributed by atoms with Gasteiger partial charge in [0.15, 0.2) is 0 Å². The van der Waals surface area contributed by atoms with E-state index in [-0.39, 0.29) is 0 Å². The highest BCUT2D eigenvalue weighted by Crippen LogP contribution is 2.27. The fraction of sp³-hybridized carbons (Fsp3) is 0.625. The van der Waals surface area contributed by atoms with Crippen molar-refractivity contribution < 1.29 is 0 Å². The van der Waals surface area contributed by atoms with E-state index in [1.807, 2.05) is 13.8 Å². The van der Waals surface area contributed by atoms with E-state index in [9.17, 15) is 0 Å². The van der Waals surface area contributed by atoms with Gasteiger partial charge in [-0.3, -0.25) is 0 Å². The first-order chi connectivity index (χ1) is 7.54. The summed E-state index contributed by atoms with van der Waals surface area (Å²) in [7, 11) is 0. The van der Waals surface area contributed by atoms with Crippen molar-refractivity contribution in [1.29, 1.82) is 0 Å². The Labute approximate surface area is 102 Å². The Bertz CT molecular complexity index is 315. The lowest BCUT2D eigenvalue weighted by atomic mass is 9.87. The molecule has 0 aliphatic rings. The number of rotatable bonds is 2. The first-order valence-corrected chi connectivity index (χ1v) is 6.62. The molecule has 1 rings (SSSR count). The molecule has 0 heteroatoms. The molecule has 0 amide bonds. The standard InChI is InChI=1S/C14H22.C2H6/c1-7-13-10(4)9(3)11(5)14(8-2)12(13)6;1-2/h7-8H2,1-6H3;1-2H3. The fourth-order valence-electron chi connectivity index (χ4n) is 2.54. The topological polar surface area (TPSA) is 0 Å². The summed E-state index contributed by atoms with van der Waals surface area (Å²) in [5.41, 5.74) is 9.13. The van der Waals surface area contributed by atoms with Crippen LogP contribution in [0, 0.1) is 27.7 Å². The molecule has 0 saturated heterocycles. The molecule has 0 saturated carbocycles. The Hall–Kier alpha value is -0.780. The maximum Gasteiger partial charge on any atom is -0.0302 e. The molecule has 16 heavy (non-hydrogen) atoms. The summed E-state index contributed by atoms with van der Waals surface area (Å²) in [6.45, 7) is 17.5. The lowest BCUT2D eigenvalue weighted by molar-refractivity contribution is 0.992. The Kier molecular flexibility index (Phi) is 6.40. The predicted octanol–water partition coefficient (Wildman–Crippen LogP) is 5.07. The average Bonchev–Trinajstić information content (AvgIpc) is 2.30. The van der Waals surface area contributed by atoms with Gasteiger partial charge in [0.05, 0.1) is 0 Å². The van der Waals surface area contributed by atoms with Gasteiger partial charge in [0, 0.05) is 0 Å². The zero-order valence-corrected chi connectivity index (χ0v) is 12.4. The molecule has 0 radical (unpaired) electrons. The fourth-order valence-corrected chi connectivity index (χ4v) is 2.54. The number of hydrogen-bond donors (Lipinski definition) is 0. The van der Waals surface area contributed by atoms with Gasteiger partial charge in [-0.2, -0.15) is 0 Å². The van der Waals surface area contributed by atoms with Crippen molar-refractivity contribution in [2.75, 3.05) is 0 Å². The smallest absolute Gasteiger partial charge is 0.0302 e. The number of hydrogen-bond acceptors (Lipinski definition) is 0. The van der Waals surface area contributed by atoms with E-state index in [0.717, 1.165) is 12.8 Å². The van der Waals surface area contributed by atoms with E-state index in [1.165, 1.54) is 22.3 Å². The first kappa shape index (κ1) is 15.2. The summed E-state index contributed by atoms with van der Waals surface area (Å²) in [6.07, 6.45) is 2.32. The van der Waals surface area contributed by atoms with Crippen LogP contribution in [0.2, 0.25) is 0 Å². The third-order valence-electron chi connectivity index (χ3n) is 3.64. The van der Waals surface area contributed by atoms with Crippen molar-refractivity contribution in [3.8, 4) is 0 Å². The van der Waals surface area contributed by atoms with Gasteiger partial charge in [-0.15, -0.1) is 0 Å². The lowest BCUT2D eigenvalue weighted by Crippen LogP contribution is -2.03. The molecule has 0 bridgehead atoms. The molecule has 0 unspecified atom stereocenters. The normalized spacial score (nSPS) is 9.75. The van der Waals surface area contributed by atoms with Crippen LogP contribution < -0.4 is 0 Å². The van der Waals surface area contributed by atoms with Crippen LogP contribution in [-0.4, -0.2) is 0 Å². The van der Waals surface area contributed by atoms with E-state index in [0.29, 0.717) is 0 Å². The molecule has 0 N–H and O–H groups in total. The van der Waals surface area contributed by atoms with E-state index in [4.69, 9.17) is 0 Å². The minimum atomic E-state index is 1.16. The van der Waals surface area contributed by atoms with Gasteiger partial charge in [0.1, 0.15) is 0 Å². The molecule has 1 aromatic carbocycles. The molecule has 0 atom stereocenters. The molecule has 0 spiro atoms. The maximum atomic E-state index is 2.27. The second-order valence-electron chi connectivity index (χ2n) is 4.16. The van der Waals surface area contributed by atoms with E-state index in [1.54, 1.807) is 11.1 Å². The van der Waals surface area contributed by atoms with Crippen LogP contribution in [0.1, 0.15) is 61.1 Å². The first-order valence-electron chi connectivity index (χ1n) is 6.62. The van der Waals surface area contributed by atoms with Crippen molar-refractivity contribution >= 4 is 0 Å². The zero-order valence-electron chi connectivity index (χ0n) is 12.4. The zero-order chi connectivity index (χ0) is 12.9. The van der Waals surface area contributed by atoms with Crippen molar-refractivity contribution in [3.05, 3.63) is 33.4 Å². The predicted molar refractivity (Wildman–Crippen MR) is 75.5 cm³/mol. The lowest BCUT2D eigenvalue weighted by Gasteiger charge is -2.19. The quantitative estimate of drug-likeness (QED) is 0.652. The van der Waals surface area contributed by atoms with Crippen LogP contribution in [0.3, 0.4) is 0 Å². The van der Waals surface area contributed by atoms with Crippen molar-refractivity contribution in [2.24, 2.45) is 0 Å². The molecule has 1 aromatic rings. The molecule has 0 aliphatic heterocycles. The molecule has 0 heterocycles. The van der Waals surface area contributed by atoms with Crippen molar-refractivity contribution in [3.63, 3.8) is 0 Å². The highest BCUT2D eigenvalue weighted by molar-refractivity contribution is 5.49. The Morgan fingerprint density at radius 3 is 1.12 bits per heavy atom. The van der Waals surface area contributed by atoms with Crippen molar-refractivity contribution in [2.45, 2.75) is 68.2 Å². The van der Waals surface area contributed by atoms with Gasteiger partial charge < -0.3 is 0 Å². The maximum absolute atomic E-state index is 2.27. The third-order valence-corrected chi connectivity index (χ3v) is 3.64. The summed E-state index contributed by atoms with van der Waals surface area (Å²) >= 11 is 0. The van der Waals surface area contributed by atoms with Gasteiger partial charge in [-0.1, -0.05) is 27.7 Å². The molecule has 0 nitrogen and oxygen atoms in total. The largest absolute Gasteiger partial charge is 0.0683 e. The summed E-state index contributed by atoms with van der Waals surface area (Å²) in [4.78, 5) is 0. The van der Waals surface area contributed by atoms with Crippen molar-refractivity contribution in [1.82, 2.24) is 0 Å². The SMILES string of the molecule is CC.CCc1c(C)c(C)c(C)c(CC)c1C. The summed E-state index contributed by atoms with van der Waals surface area (Å²) in [6, 6.07) is 0. The van der Waals surface area contributed by atoms with Crippen LogP contribution in [0.5, 0.6) is 0 Å². The summed E-state index contributed by atoms with van der Waals surface area (Å²) in [5, 5.41) is 0. The molecular weight excluding hydrogens is 192 g/mol. The molecule has 92 valence electrons. The molecule has 0 aliphatic carbocycles. The van der Waals surface area contributed by atoms with Crippen LogP contribution in [0.25, 0.3) is 0 Å². The Morgan fingerprint density at radius 2 is 0.875 bits per heavy atom. The average molecular weight is 220 g/mol. The monoisotopic (exact) mass is 220 g/mol. The van der Waals surface area contributed by atoms with Crippen LogP contribution in [0.4, 0.5) is 0 Å². The number of benzene rings is 1. The summed E-state index contributed by atoms with van der Waals surface area (Å²) in [5.74, 6) is 0. The van der Waals surface area contributed by atoms with E-state index < -0.39 is 0 Å². The van der Waals surface area contributed by atoms with Crippen LogP contribution >= 0.6 is 0 Å². The van der Waals surface area contributed by atoms with Gasteiger partial charge in [-0.05, 0) is 73.9 Å². The Balaban J connectivity index is 0.00000106. The van der Waals surface area contributed by atoms with Gasteiger partial charge in [-0.25, -0.2) is 0 Å². The van der Waals surface area contributed by atoms with Crippen LogP contribution in [0.15, 0.2) is 0 Å². The molecule has 0 aromatic heterocycles. The minimum Gasteiger partial charge on any atom is -0.0683 e. The van der Waals surface area contributed by atoms with Crippen LogP contribution in [-0.2, 0) is 12.8 Å². The van der Waals surface area contributed by atoms with Gasteiger partial charge in [0.2, 0.25) is 0 Å².